The molecule has 1 aromatic heterocycles. The molecule has 1 aliphatic rings. The van der Waals surface area contributed by atoms with Crippen LogP contribution < -0.4 is 9.64 Å². The maximum atomic E-state index is 13.0. The quantitative estimate of drug-likeness (QED) is 0.789. The van der Waals surface area contributed by atoms with Gasteiger partial charge in [0.05, 0.1) is 12.0 Å². The number of rotatable bonds is 4. The standard InChI is InChI=1S/C17H21ClN4O3S/c1-12-4-5-14(18)10-15(12)26(23,24)22-8-6-21(7-9-22)16-11-17(25-3)20-13(2)19-16/h4-5,10-11H,6-9H2,1-3H3. The highest BCUT2D eigenvalue weighted by molar-refractivity contribution is 7.89. The molecule has 2 aromatic rings. The Hall–Kier alpha value is -1.90. The van der Waals surface area contributed by atoms with Crippen molar-refractivity contribution in [2.75, 3.05) is 38.2 Å². The molecule has 0 saturated carbocycles. The Morgan fingerprint density at radius 3 is 2.42 bits per heavy atom. The lowest BCUT2D eigenvalue weighted by Crippen LogP contribution is -2.49. The van der Waals surface area contributed by atoms with Gasteiger partial charge in [0.15, 0.2) is 0 Å². The SMILES string of the molecule is COc1cc(N2CCN(S(=O)(=O)c3cc(Cl)ccc3C)CC2)nc(C)n1. The van der Waals surface area contributed by atoms with Gasteiger partial charge in [0.2, 0.25) is 15.9 Å². The summed E-state index contributed by atoms with van der Waals surface area (Å²) in [4.78, 5) is 10.9. The first-order chi connectivity index (χ1) is 12.3. The second kappa shape index (κ2) is 7.38. The molecule has 26 heavy (non-hydrogen) atoms. The first-order valence-corrected chi connectivity index (χ1v) is 10.0. The number of hydrogen-bond acceptors (Lipinski definition) is 6. The number of halogens is 1. The van der Waals surface area contributed by atoms with E-state index in [1.165, 1.54) is 10.4 Å². The fourth-order valence-corrected chi connectivity index (χ4v) is 4.85. The summed E-state index contributed by atoms with van der Waals surface area (Å²) >= 11 is 5.99. The van der Waals surface area contributed by atoms with Crippen LogP contribution in [0.1, 0.15) is 11.4 Å². The fraction of sp³-hybridized carbons (Fsp3) is 0.412. The molecule has 1 aromatic carbocycles. The maximum Gasteiger partial charge on any atom is 0.243 e. The number of aromatic nitrogens is 2. The first kappa shape index (κ1) is 18.9. The van der Waals surface area contributed by atoms with Crippen molar-refractivity contribution in [2.45, 2.75) is 18.7 Å². The summed E-state index contributed by atoms with van der Waals surface area (Å²) < 4.78 is 32.6. The minimum absolute atomic E-state index is 0.262. The van der Waals surface area contributed by atoms with Crippen molar-refractivity contribution in [3.05, 3.63) is 40.7 Å². The Balaban J connectivity index is 1.78. The van der Waals surface area contributed by atoms with Gasteiger partial charge in [-0.3, -0.25) is 0 Å². The number of aryl methyl sites for hydroxylation is 2. The lowest BCUT2D eigenvalue weighted by Gasteiger charge is -2.35. The molecule has 0 aliphatic carbocycles. The zero-order valence-corrected chi connectivity index (χ0v) is 16.5. The van der Waals surface area contributed by atoms with E-state index < -0.39 is 10.0 Å². The van der Waals surface area contributed by atoms with Crippen molar-refractivity contribution in [1.82, 2.24) is 14.3 Å². The van der Waals surface area contributed by atoms with Crippen LogP contribution in [0.15, 0.2) is 29.2 Å². The number of ether oxygens (including phenoxy) is 1. The summed E-state index contributed by atoms with van der Waals surface area (Å²) in [7, 11) is -2.02. The van der Waals surface area contributed by atoms with Crippen LogP contribution in [0.4, 0.5) is 5.82 Å². The van der Waals surface area contributed by atoms with Gasteiger partial charge in [0.25, 0.3) is 0 Å². The number of anilines is 1. The van der Waals surface area contributed by atoms with Gasteiger partial charge in [-0.05, 0) is 31.5 Å². The van der Waals surface area contributed by atoms with E-state index in [-0.39, 0.29) is 4.90 Å². The summed E-state index contributed by atoms with van der Waals surface area (Å²) in [6, 6.07) is 6.69. The zero-order valence-electron chi connectivity index (χ0n) is 14.9. The van der Waals surface area contributed by atoms with Gasteiger partial charge < -0.3 is 9.64 Å². The van der Waals surface area contributed by atoms with Crippen molar-refractivity contribution in [3.8, 4) is 5.88 Å². The van der Waals surface area contributed by atoms with Gasteiger partial charge in [0.1, 0.15) is 11.6 Å². The van der Waals surface area contributed by atoms with E-state index in [0.717, 1.165) is 5.82 Å². The molecular weight excluding hydrogens is 376 g/mol. The molecule has 1 aliphatic heterocycles. The van der Waals surface area contributed by atoms with Crippen LogP contribution in [-0.2, 0) is 10.0 Å². The number of piperazine rings is 1. The van der Waals surface area contributed by atoms with Crippen LogP contribution >= 0.6 is 11.6 Å². The van der Waals surface area contributed by atoms with E-state index >= 15 is 0 Å². The molecule has 0 atom stereocenters. The van der Waals surface area contributed by atoms with Crippen LogP contribution in [0.5, 0.6) is 5.88 Å². The predicted molar refractivity (Wildman–Crippen MR) is 100 cm³/mol. The highest BCUT2D eigenvalue weighted by Crippen LogP contribution is 2.26. The summed E-state index contributed by atoms with van der Waals surface area (Å²) in [5, 5.41) is 0.413. The average molecular weight is 397 g/mol. The first-order valence-electron chi connectivity index (χ1n) is 8.22. The minimum atomic E-state index is -3.58. The predicted octanol–water partition coefficient (Wildman–Crippen LogP) is 2.27. The van der Waals surface area contributed by atoms with Crippen LogP contribution in [0.2, 0.25) is 5.02 Å². The topological polar surface area (TPSA) is 75.6 Å². The van der Waals surface area contributed by atoms with Crippen molar-refractivity contribution < 1.29 is 13.2 Å². The second-order valence-corrected chi connectivity index (χ2v) is 8.46. The molecule has 0 bridgehead atoms. The van der Waals surface area contributed by atoms with Gasteiger partial charge >= 0.3 is 0 Å². The second-order valence-electron chi connectivity index (χ2n) is 6.12. The largest absolute Gasteiger partial charge is 0.481 e. The van der Waals surface area contributed by atoms with Gasteiger partial charge in [-0.15, -0.1) is 0 Å². The highest BCUT2D eigenvalue weighted by atomic mass is 35.5. The van der Waals surface area contributed by atoms with Crippen molar-refractivity contribution in [1.29, 1.82) is 0 Å². The molecule has 140 valence electrons. The molecule has 0 spiro atoms. The number of sulfonamides is 1. The normalized spacial score (nSPS) is 15.9. The van der Waals surface area contributed by atoms with Crippen molar-refractivity contribution in [3.63, 3.8) is 0 Å². The van der Waals surface area contributed by atoms with Gasteiger partial charge in [-0.25, -0.2) is 13.4 Å². The Labute approximate surface area is 158 Å². The third-order valence-corrected chi connectivity index (χ3v) is 6.62. The smallest absolute Gasteiger partial charge is 0.243 e. The summed E-state index contributed by atoms with van der Waals surface area (Å²) in [5.74, 6) is 1.85. The van der Waals surface area contributed by atoms with E-state index in [2.05, 4.69) is 9.97 Å². The number of hydrogen-bond donors (Lipinski definition) is 0. The molecule has 3 rings (SSSR count). The van der Waals surface area contributed by atoms with Crippen LogP contribution in [0, 0.1) is 13.8 Å². The third kappa shape index (κ3) is 3.77. The average Bonchev–Trinajstić information content (AvgIpc) is 2.63. The van der Waals surface area contributed by atoms with Crippen LogP contribution in [0.25, 0.3) is 0 Å². The van der Waals surface area contributed by atoms with Gasteiger partial charge in [-0.2, -0.15) is 9.29 Å². The van der Waals surface area contributed by atoms with E-state index in [0.29, 0.717) is 48.5 Å². The monoisotopic (exact) mass is 396 g/mol. The van der Waals surface area contributed by atoms with Gasteiger partial charge in [-0.1, -0.05) is 17.7 Å². The van der Waals surface area contributed by atoms with E-state index in [9.17, 15) is 8.42 Å². The van der Waals surface area contributed by atoms with Crippen LogP contribution in [0.3, 0.4) is 0 Å². The molecule has 7 nitrogen and oxygen atoms in total. The Morgan fingerprint density at radius 1 is 1.08 bits per heavy atom. The molecule has 1 saturated heterocycles. The molecule has 0 unspecified atom stereocenters. The number of benzene rings is 1. The Bertz CT molecular complexity index is 912. The lowest BCUT2D eigenvalue weighted by molar-refractivity contribution is 0.380. The summed E-state index contributed by atoms with van der Waals surface area (Å²) in [6.07, 6.45) is 0. The number of methoxy groups -OCH3 is 1. The lowest BCUT2D eigenvalue weighted by atomic mass is 10.2. The maximum absolute atomic E-state index is 13.0. The molecule has 0 N–H and O–H groups in total. The third-order valence-electron chi connectivity index (χ3n) is 4.34. The molecule has 9 heteroatoms. The molecule has 0 amide bonds. The fourth-order valence-electron chi connectivity index (χ4n) is 2.94. The molecule has 1 fully saturated rings. The zero-order chi connectivity index (χ0) is 18.9. The minimum Gasteiger partial charge on any atom is -0.481 e. The Morgan fingerprint density at radius 2 is 1.77 bits per heavy atom. The van der Waals surface area contributed by atoms with E-state index in [4.69, 9.17) is 16.3 Å². The van der Waals surface area contributed by atoms with Crippen molar-refractivity contribution in [2.24, 2.45) is 0 Å². The highest BCUT2D eigenvalue weighted by Gasteiger charge is 2.30. The summed E-state index contributed by atoms with van der Waals surface area (Å²) in [6.45, 7) is 5.40. The van der Waals surface area contributed by atoms with E-state index in [1.54, 1.807) is 39.2 Å². The molecule has 2 heterocycles. The van der Waals surface area contributed by atoms with Crippen molar-refractivity contribution >= 4 is 27.4 Å². The Kier molecular flexibility index (Phi) is 5.36. The van der Waals surface area contributed by atoms with Crippen LogP contribution in [-0.4, -0.2) is 56.0 Å². The summed E-state index contributed by atoms with van der Waals surface area (Å²) in [5.41, 5.74) is 0.688. The van der Waals surface area contributed by atoms with Gasteiger partial charge in [0, 0.05) is 37.3 Å². The van der Waals surface area contributed by atoms with E-state index in [1.807, 2.05) is 4.90 Å². The number of nitrogens with zero attached hydrogens (tertiary/aromatic N) is 4. The molecular formula is C17H21ClN4O3S. The molecule has 0 radical (unpaired) electrons.